The van der Waals surface area contributed by atoms with Gasteiger partial charge in [0.1, 0.15) is 0 Å². The molecule has 0 aromatic carbocycles. The maximum Gasteiger partial charge on any atom is 0.0739 e. The van der Waals surface area contributed by atoms with Gasteiger partial charge in [0, 0.05) is 26.2 Å². The molecule has 1 N–H and O–H groups in total. The molecule has 1 saturated heterocycles. The predicted molar refractivity (Wildman–Crippen MR) is 80.0 cm³/mol. The van der Waals surface area contributed by atoms with E-state index in [-0.39, 0.29) is 0 Å². The Hall–Kier alpha value is -0.390. The van der Waals surface area contributed by atoms with Gasteiger partial charge in [0.15, 0.2) is 0 Å². The summed E-state index contributed by atoms with van der Waals surface area (Å²) in [7, 11) is 0. The van der Waals surface area contributed by atoms with Crippen molar-refractivity contribution in [2.24, 2.45) is 5.92 Å². The minimum Gasteiger partial charge on any atom is -0.396 e. The lowest BCUT2D eigenvalue weighted by atomic mass is 9.95. The first kappa shape index (κ1) is 15.0. The Morgan fingerprint density at radius 1 is 1.47 bits per heavy atom. The van der Waals surface area contributed by atoms with Crippen molar-refractivity contribution in [3.63, 3.8) is 0 Å². The van der Waals surface area contributed by atoms with Crippen molar-refractivity contribution in [1.29, 1.82) is 0 Å². The van der Waals surface area contributed by atoms with Gasteiger partial charge in [0.05, 0.1) is 15.9 Å². The number of hydrogen-bond donors (Lipinski definition) is 1. The van der Waals surface area contributed by atoms with Gasteiger partial charge >= 0.3 is 0 Å². The van der Waals surface area contributed by atoms with E-state index in [1.165, 1.54) is 18.5 Å². The minimum atomic E-state index is 0.314. The zero-order valence-corrected chi connectivity index (χ0v) is 13.5. The molecule has 2 rings (SSSR count). The molecule has 19 heavy (non-hydrogen) atoms. The van der Waals surface area contributed by atoms with E-state index in [4.69, 9.17) is 5.11 Å². The number of aromatic nitrogens is 2. The molecule has 0 spiro atoms. The van der Waals surface area contributed by atoms with Crippen molar-refractivity contribution in [3.05, 3.63) is 15.9 Å². The number of rotatable bonds is 5. The molecule has 0 saturated carbocycles. The average molecular weight is 330 g/mol. The smallest absolute Gasteiger partial charge is 0.0739 e. The van der Waals surface area contributed by atoms with Crippen LogP contribution in [0, 0.1) is 12.8 Å². The minimum absolute atomic E-state index is 0.314. The number of piperidine rings is 1. The zero-order chi connectivity index (χ0) is 13.8. The van der Waals surface area contributed by atoms with Gasteiger partial charge in [-0.3, -0.25) is 9.58 Å². The zero-order valence-electron chi connectivity index (χ0n) is 11.9. The molecule has 4 nitrogen and oxygen atoms in total. The summed E-state index contributed by atoms with van der Waals surface area (Å²) in [4.78, 5) is 2.50. The Kier molecular flexibility index (Phi) is 5.42. The summed E-state index contributed by atoms with van der Waals surface area (Å²) in [6.07, 6.45) is 3.43. The van der Waals surface area contributed by atoms with Crippen LogP contribution in [0.3, 0.4) is 0 Å². The molecule has 5 heteroatoms. The Bertz CT molecular complexity index is 417. The van der Waals surface area contributed by atoms with Gasteiger partial charge in [-0.1, -0.05) is 0 Å². The SMILES string of the molecule is CCn1nc(C)c(Br)c1CN1CCCC(CCO)C1. The van der Waals surface area contributed by atoms with Crippen LogP contribution in [-0.4, -0.2) is 39.5 Å². The first-order chi connectivity index (χ1) is 9.15. The summed E-state index contributed by atoms with van der Waals surface area (Å²) >= 11 is 3.66. The Labute approximate surface area is 123 Å². The second kappa shape index (κ2) is 6.86. The maximum atomic E-state index is 9.08. The van der Waals surface area contributed by atoms with E-state index in [0.717, 1.165) is 42.8 Å². The number of halogens is 1. The molecule has 0 bridgehead atoms. The first-order valence-corrected chi connectivity index (χ1v) is 8.00. The number of hydrogen-bond acceptors (Lipinski definition) is 3. The van der Waals surface area contributed by atoms with Crippen LogP contribution >= 0.6 is 15.9 Å². The first-order valence-electron chi connectivity index (χ1n) is 7.20. The monoisotopic (exact) mass is 329 g/mol. The molecule has 1 atom stereocenters. The maximum absolute atomic E-state index is 9.08. The number of aryl methyl sites for hydroxylation is 2. The van der Waals surface area contributed by atoms with Gasteiger partial charge in [0.2, 0.25) is 0 Å². The fourth-order valence-electron chi connectivity index (χ4n) is 2.94. The lowest BCUT2D eigenvalue weighted by Gasteiger charge is -2.32. The van der Waals surface area contributed by atoms with Crippen molar-refractivity contribution in [1.82, 2.24) is 14.7 Å². The van der Waals surface area contributed by atoms with Crippen LogP contribution in [0.5, 0.6) is 0 Å². The molecule has 1 aromatic heterocycles. The Morgan fingerprint density at radius 3 is 2.95 bits per heavy atom. The largest absolute Gasteiger partial charge is 0.396 e. The molecule has 2 heterocycles. The topological polar surface area (TPSA) is 41.3 Å². The van der Waals surface area contributed by atoms with Crippen LogP contribution in [0.15, 0.2) is 4.47 Å². The molecule has 1 aromatic rings. The summed E-state index contributed by atoms with van der Waals surface area (Å²) in [6, 6.07) is 0. The lowest BCUT2D eigenvalue weighted by molar-refractivity contribution is 0.139. The van der Waals surface area contributed by atoms with E-state index in [1.807, 2.05) is 6.92 Å². The highest BCUT2D eigenvalue weighted by Crippen LogP contribution is 2.25. The average Bonchev–Trinajstić information content (AvgIpc) is 2.67. The third-order valence-electron chi connectivity index (χ3n) is 3.97. The molecule has 1 unspecified atom stereocenters. The van der Waals surface area contributed by atoms with Crippen molar-refractivity contribution >= 4 is 15.9 Å². The molecule has 0 aliphatic carbocycles. The third kappa shape index (κ3) is 3.58. The Morgan fingerprint density at radius 2 is 2.26 bits per heavy atom. The summed E-state index contributed by atoms with van der Waals surface area (Å²) in [6.45, 7) is 8.61. The molecule has 108 valence electrons. The van der Waals surface area contributed by atoms with E-state index < -0.39 is 0 Å². The molecular formula is C14H24BrN3O. The molecule has 1 aliphatic heterocycles. The van der Waals surface area contributed by atoms with E-state index in [0.29, 0.717) is 12.5 Å². The van der Waals surface area contributed by atoms with Crippen LogP contribution < -0.4 is 0 Å². The number of likely N-dealkylation sites (tertiary alicyclic amines) is 1. The van der Waals surface area contributed by atoms with Crippen molar-refractivity contribution in [2.75, 3.05) is 19.7 Å². The van der Waals surface area contributed by atoms with E-state index in [2.05, 4.69) is 37.5 Å². The highest BCUT2D eigenvalue weighted by atomic mass is 79.9. The molecular weight excluding hydrogens is 306 g/mol. The summed E-state index contributed by atoms with van der Waals surface area (Å²) < 4.78 is 3.24. The normalized spacial score (nSPS) is 20.9. The standard InChI is InChI=1S/C14H24BrN3O/c1-3-18-13(14(15)11(2)16-18)10-17-7-4-5-12(9-17)6-8-19/h12,19H,3-10H2,1-2H3. The highest BCUT2D eigenvalue weighted by Gasteiger charge is 2.22. The second-order valence-electron chi connectivity index (χ2n) is 5.42. The van der Waals surface area contributed by atoms with Crippen molar-refractivity contribution in [3.8, 4) is 0 Å². The number of nitrogens with zero attached hydrogens (tertiary/aromatic N) is 3. The van der Waals surface area contributed by atoms with E-state index in [1.54, 1.807) is 0 Å². The van der Waals surface area contributed by atoms with Crippen LogP contribution in [0.1, 0.15) is 37.6 Å². The molecule has 1 fully saturated rings. The molecule has 0 radical (unpaired) electrons. The summed E-state index contributed by atoms with van der Waals surface area (Å²) in [5.41, 5.74) is 2.35. The number of aliphatic hydroxyl groups excluding tert-OH is 1. The van der Waals surface area contributed by atoms with Gasteiger partial charge in [-0.05, 0) is 61.5 Å². The number of aliphatic hydroxyl groups is 1. The van der Waals surface area contributed by atoms with Gasteiger partial charge in [-0.2, -0.15) is 5.10 Å². The van der Waals surface area contributed by atoms with Crippen molar-refractivity contribution < 1.29 is 5.11 Å². The predicted octanol–water partition coefficient (Wildman–Crippen LogP) is 2.57. The van der Waals surface area contributed by atoms with Gasteiger partial charge in [0.25, 0.3) is 0 Å². The Balaban J connectivity index is 2.04. The van der Waals surface area contributed by atoms with Crippen LogP contribution in [-0.2, 0) is 13.1 Å². The fourth-order valence-corrected chi connectivity index (χ4v) is 3.35. The third-order valence-corrected chi connectivity index (χ3v) is 5.00. The molecule has 1 aliphatic rings. The lowest BCUT2D eigenvalue weighted by Crippen LogP contribution is -2.36. The summed E-state index contributed by atoms with van der Waals surface area (Å²) in [5, 5.41) is 13.6. The quantitative estimate of drug-likeness (QED) is 0.902. The van der Waals surface area contributed by atoms with Crippen LogP contribution in [0.2, 0.25) is 0 Å². The van der Waals surface area contributed by atoms with E-state index in [9.17, 15) is 0 Å². The summed E-state index contributed by atoms with van der Waals surface area (Å²) in [5.74, 6) is 0.650. The van der Waals surface area contributed by atoms with Crippen molar-refractivity contribution in [2.45, 2.75) is 46.2 Å². The fraction of sp³-hybridized carbons (Fsp3) is 0.786. The van der Waals surface area contributed by atoms with E-state index >= 15 is 0 Å². The van der Waals surface area contributed by atoms with Crippen LogP contribution in [0.25, 0.3) is 0 Å². The molecule has 0 amide bonds. The van der Waals surface area contributed by atoms with Gasteiger partial charge in [-0.15, -0.1) is 0 Å². The highest BCUT2D eigenvalue weighted by molar-refractivity contribution is 9.10. The van der Waals surface area contributed by atoms with Gasteiger partial charge < -0.3 is 5.11 Å². The van der Waals surface area contributed by atoms with Gasteiger partial charge in [-0.25, -0.2) is 0 Å². The van der Waals surface area contributed by atoms with Crippen LogP contribution in [0.4, 0.5) is 0 Å². The second-order valence-corrected chi connectivity index (χ2v) is 6.21.